The molecule has 0 atom stereocenters. The molecule has 0 bridgehead atoms. The van der Waals surface area contributed by atoms with Crippen molar-refractivity contribution in [3.8, 4) is 11.8 Å². The summed E-state index contributed by atoms with van der Waals surface area (Å²) in [6.07, 6.45) is 4.68. The van der Waals surface area contributed by atoms with Gasteiger partial charge in [0.15, 0.2) is 15.6 Å². The van der Waals surface area contributed by atoms with Crippen LogP contribution in [0.1, 0.15) is 22.5 Å². The monoisotopic (exact) mass is 532 g/mol. The molecule has 6 rings (SSSR count). The highest BCUT2D eigenvalue weighted by Gasteiger charge is 2.31. The normalized spacial score (nSPS) is 14.7. The van der Waals surface area contributed by atoms with Crippen LogP contribution in [-0.4, -0.2) is 68.7 Å². The van der Waals surface area contributed by atoms with E-state index in [9.17, 15) is 18.5 Å². The molecule has 0 amide bonds. The van der Waals surface area contributed by atoms with E-state index in [2.05, 4.69) is 31.1 Å². The summed E-state index contributed by atoms with van der Waals surface area (Å²) >= 11 is 0. The summed E-state index contributed by atoms with van der Waals surface area (Å²) in [6.45, 7) is 3.79. The number of sulfone groups is 1. The van der Waals surface area contributed by atoms with E-state index in [4.69, 9.17) is 9.84 Å². The van der Waals surface area contributed by atoms with Crippen LogP contribution in [0.25, 0.3) is 21.8 Å². The molecule has 0 saturated carbocycles. The molecule has 0 radical (unpaired) electrons. The summed E-state index contributed by atoms with van der Waals surface area (Å²) in [6, 6.07) is 9.26. The van der Waals surface area contributed by atoms with Gasteiger partial charge in [-0.3, -0.25) is 14.6 Å². The average Bonchev–Trinajstić information content (AvgIpc) is 3.58. The highest BCUT2D eigenvalue weighted by Crippen LogP contribution is 2.33. The van der Waals surface area contributed by atoms with Crippen molar-refractivity contribution >= 4 is 31.6 Å². The third-order valence-corrected chi connectivity index (χ3v) is 7.93. The zero-order chi connectivity index (χ0) is 26.6. The maximum atomic E-state index is 12.7. The lowest BCUT2D eigenvalue weighted by molar-refractivity contribution is 0.0137. The van der Waals surface area contributed by atoms with Gasteiger partial charge in [-0.1, -0.05) is 0 Å². The molecule has 13 heteroatoms. The van der Waals surface area contributed by atoms with Crippen LogP contribution in [-0.2, 0) is 22.9 Å². The van der Waals surface area contributed by atoms with Crippen molar-refractivity contribution in [3.63, 3.8) is 0 Å². The number of benzene rings is 2. The highest BCUT2D eigenvalue weighted by atomic mass is 32.2. The van der Waals surface area contributed by atoms with Crippen LogP contribution in [0.2, 0.25) is 0 Å². The van der Waals surface area contributed by atoms with Crippen molar-refractivity contribution in [2.45, 2.75) is 31.0 Å². The van der Waals surface area contributed by atoms with Crippen molar-refractivity contribution in [2.75, 3.05) is 19.3 Å². The molecule has 0 aliphatic carbocycles. The molecule has 0 unspecified atom stereocenters. The van der Waals surface area contributed by atoms with Gasteiger partial charge in [-0.15, -0.1) is 0 Å². The average molecular weight is 533 g/mol. The van der Waals surface area contributed by atoms with Crippen molar-refractivity contribution < 1.29 is 13.2 Å². The minimum Gasteiger partial charge on any atom is -0.484 e. The quantitative estimate of drug-likeness (QED) is 0.285. The summed E-state index contributed by atoms with van der Waals surface area (Å²) in [5.74, 6) is 0.953. The Morgan fingerprint density at radius 1 is 1.24 bits per heavy atom. The number of nitriles is 1. The van der Waals surface area contributed by atoms with Crippen molar-refractivity contribution in [1.82, 2.24) is 34.8 Å². The van der Waals surface area contributed by atoms with E-state index in [0.717, 1.165) is 21.9 Å². The van der Waals surface area contributed by atoms with Crippen LogP contribution in [0.4, 0.5) is 0 Å². The lowest BCUT2D eigenvalue weighted by Gasteiger charge is -2.38. The fraction of sp³-hybridized carbons (Fsp3) is 0.280. The first-order valence-corrected chi connectivity index (χ1v) is 13.8. The Balaban J connectivity index is 1.30. The highest BCUT2D eigenvalue weighted by molar-refractivity contribution is 7.90. The number of hydrogen-bond donors (Lipinski definition) is 3. The maximum absolute atomic E-state index is 12.7. The number of H-pyrrole nitrogens is 3. The summed E-state index contributed by atoms with van der Waals surface area (Å²) in [5, 5.41) is 22.3. The SMILES string of the molecule is Cc1cc(S(C)(=O)=O)c(Cn2cc3ccc(C#N)c(OC4CN(Cc5n[nH]c(=O)[nH]5)C4)c3n2)c2cc[nH]c12. The third kappa shape index (κ3) is 4.23. The first-order chi connectivity index (χ1) is 18.2. The predicted octanol–water partition coefficient (Wildman–Crippen LogP) is 1.82. The van der Waals surface area contributed by atoms with Crippen molar-refractivity contribution in [1.29, 1.82) is 5.26 Å². The first kappa shape index (κ1) is 24.0. The number of aryl methyl sites for hydroxylation is 1. The predicted molar refractivity (Wildman–Crippen MR) is 139 cm³/mol. The van der Waals surface area contributed by atoms with Crippen LogP contribution in [0, 0.1) is 18.3 Å². The number of nitrogens with zero attached hydrogens (tertiary/aromatic N) is 5. The summed E-state index contributed by atoms with van der Waals surface area (Å²) in [4.78, 5) is 19.4. The number of aromatic amines is 3. The third-order valence-electron chi connectivity index (χ3n) is 6.76. The summed E-state index contributed by atoms with van der Waals surface area (Å²) in [7, 11) is -3.49. The molecule has 5 aromatic rings. The molecule has 3 N–H and O–H groups in total. The zero-order valence-electron chi connectivity index (χ0n) is 20.6. The Kier molecular flexibility index (Phi) is 5.59. The minimum atomic E-state index is -3.49. The molecule has 2 aromatic carbocycles. The molecule has 1 saturated heterocycles. The van der Waals surface area contributed by atoms with Crippen LogP contribution < -0.4 is 10.4 Å². The standard InChI is InChI=1S/C25H24N8O4S/c1-14-7-20(38(2,35)36)19(18-5-6-27-22(14)18)12-33-9-16-4-3-15(8-26)24(23(16)31-33)37-17-10-32(11-17)13-21-28-25(34)30-29-21/h3-7,9,17,27H,10-13H2,1-2H3,(H2,28,29,30,34). The molecule has 38 heavy (non-hydrogen) atoms. The van der Waals surface area contributed by atoms with E-state index >= 15 is 0 Å². The first-order valence-electron chi connectivity index (χ1n) is 11.9. The second kappa shape index (κ2) is 8.86. The van der Waals surface area contributed by atoms with Crippen molar-refractivity contribution in [2.24, 2.45) is 0 Å². The largest absolute Gasteiger partial charge is 0.484 e. The maximum Gasteiger partial charge on any atom is 0.340 e. The fourth-order valence-corrected chi connectivity index (χ4v) is 5.99. The Hall–Kier alpha value is -4.41. The van der Waals surface area contributed by atoms with Gasteiger partial charge in [0, 0.05) is 53.6 Å². The van der Waals surface area contributed by atoms with Gasteiger partial charge < -0.3 is 9.72 Å². The summed E-state index contributed by atoms with van der Waals surface area (Å²) < 4.78 is 33.2. The van der Waals surface area contributed by atoms with Crippen LogP contribution >= 0.6 is 0 Å². The van der Waals surface area contributed by atoms with Gasteiger partial charge >= 0.3 is 5.69 Å². The second-order valence-electron chi connectivity index (χ2n) is 9.59. The molecule has 1 aliphatic rings. The number of nitrogens with one attached hydrogen (secondary N) is 3. The fourth-order valence-electron chi connectivity index (χ4n) is 4.98. The van der Waals surface area contributed by atoms with E-state index in [1.807, 2.05) is 25.3 Å². The van der Waals surface area contributed by atoms with Gasteiger partial charge in [0.2, 0.25) is 0 Å². The number of aromatic nitrogens is 6. The second-order valence-corrected chi connectivity index (χ2v) is 11.6. The Labute approximate surface area is 216 Å². The van der Waals surface area contributed by atoms with E-state index in [-0.39, 0.29) is 23.2 Å². The molecule has 3 aromatic heterocycles. The van der Waals surface area contributed by atoms with Crippen molar-refractivity contribution in [3.05, 3.63) is 69.7 Å². The van der Waals surface area contributed by atoms with E-state index < -0.39 is 9.84 Å². The molecular weight excluding hydrogens is 508 g/mol. The van der Waals surface area contributed by atoms with E-state index in [0.29, 0.717) is 47.9 Å². The summed E-state index contributed by atoms with van der Waals surface area (Å²) in [5.41, 5.74) is 2.95. The lowest BCUT2D eigenvalue weighted by Crippen LogP contribution is -2.53. The van der Waals surface area contributed by atoms with Gasteiger partial charge in [0.1, 0.15) is 23.5 Å². The minimum absolute atomic E-state index is 0.156. The van der Waals surface area contributed by atoms with Gasteiger partial charge in [0.25, 0.3) is 0 Å². The molecule has 1 fully saturated rings. The van der Waals surface area contributed by atoms with E-state index in [1.165, 1.54) is 6.26 Å². The molecule has 12 nitrogen and oxygen atoms in total. The Morgan fingerprint density at radius 2 is 2.05 bits per heavy atom. The number of fused-ring (bicyclic) bond motifs is 2. The van der Waals surface area contributed by atoms with Crippen LogP contribution in [0.3, 0.4) is 0 Å². The number of hydrogen-bond acceptors (Lipinski definition) is 8. The molecule has 0 spiro atoms. The molecular formula is C25H24N8O4S. The number of rotatable bonds is 7. The molecule has 4 heterocycles. The lowest BCUT2D eigenvalue weighted by atomic mass is 10.1. The number of ether oxygens (including phenoxy) is 1. The van der Waals surface area contributed by atoms with Crippen LogP contribution in [0.5, 0.6) is 5.75 Å². The zero-order valence-corrected chi connectivity index (χ0v) is 21.5. The Bertz CT molecular complexity index is 1900. The van der Waals surface area contributed by atoms with Crippen LogP contribution in [0.15, 0.2) is 46.3 Å². The Morgan fingerprint density at radius 3 is 2.76 bits per heavy atom. The van der Waals surface area contributed by atoms with Gasteiger partial charge in [-0.25, -0.2) is 18.3 Å². The van der Waals surface area contributed by atoms with Gasteiger partial charge in [-0.05, 0) is 36.8 Å². The molecule has 194 valence electrons. The molecule has 1 aliphatic heterocycles. The van der Waals surface area contributed by atoms with Gasteiger partial charge in [-0.2, -0.15) is 15.5 Å². The van der Waals surface area contributed by atoms with E-state index in [1.54, 1.807) is 23.0 Å². The number of likely N-dealkylation sites (tertiary alicyclic amines) is 1. The smallest absolute Gasteiger partial charge is 0.340 e. The topological polar surface area (TPSA) is 166 Å². The van der Waals surface area contributed by atoms with Gasteiger partial charge in [0.05, 0.1) is 23.5 Å².